The van der Waals surface area contributed by atoms with Crippen LogP contribution in [0.15, 0.2) is 42.5 Å². The number of nitro groups is 2. The van der Waals surface area contributed by atoms with Gasteiger partial charge in [0.2, 0.25) is 0 Å². The summed E-state index contributed by atoms with van der Waals surface area (Å²) in [5, 5.41) is 31.9. The van der Waals surface area contributed by atoms with E-state index in [-0.39, 0.29) is 11.3 Å². The molecule has 0 atom stereocenters. The number of para-hydroxylation sites is 1. The molecule has 2 aromatic rings. The van der Waals surface area contributed by atoms with E-state index in [9.17, 15) is 20.2 Å². The molecule has 0 bridgehead atoms. The second-order valence-corrected chi connectivity index (χ2v) is 5.80. The Morgan fingerprint density at radius 3 is 1.85 bits per heavy atom. The van der Waals surface area contributed by atoms with E-state index in [4.69, 9.17) is 5.26 Å². The maximum atomic E-state index is 11.4. The SMILES string of the molecule is N#Cc1cc([N+](=O)[O-])c(N2CCN(c3ccccc3)CC2)c([N+](=O)[O-])c1. The highest BCUT2D eigenvalue weighted by atomic mass is 16.6. The van der Waals surface area contributed by atoms with E-state index in [0.29, 0.717) is 26.2 Å². The molecule has 0 saturated carbocycles. The van der Waals surface area contributed by atoms with Gasteiger partial charge in [0.1, 0.15) is 0 Å². The van der Waals surface area contributed by atoms with Gasteiger partial charge in [-0.15, -0.1) is 0 Å². The zero-order chi connectivity index (χ0) is 18.7. The van der Waals surface area contributed by atoms with Crippen molar-refractivity contribution in [3.05, 3.63) is 68.3 Å². The molecule has 3 rings (SSSR count). The number of benzene rings is 2. The number of nitro benzene ring substituents is 2. The summed E-state index contributed by atoms with van der Waals surface area (Å²) in [6, 6.07) is 13.6. The molecule has 0 unspecified atom stereocenters. The summed E-state index contributed by atoms with van der Waals surface area (Å²) in [7, 11) is 0. The summed E-state index contributed by atoms with van der Waals surface area (Å²) in [6.45, 7) is 1.97. The smallest absolute Gasteiger partial charge is 0.300 e. The van der Waals surface area contributed by atoms with Gasteiger partial charge < -0.3 is 9.80 Å². The van der Waals surface area contributed by atoms with Crippen molar-refractivity contribution in [3.8, 4) is 6.07 Å². The highest BCUT2D eigenvalue weighted by molar-refractivity contribution is 5.77. The largest absolute Gasteiger partial charge is 0.368 e. The van der Waals surface area contributed by atoms with Crippen molar-refractivity contribution in [1.82, 2.24) is 0 Å². The number of hydrogen-bond donors (Lipinski definition) is 0. The molecule has 26 heavy (non-hydrogen) atoms. The fourth-order valence-corrected chi connectivity index (χ4v) is 3.10. The maximum Gasteiger partial charge on any atom is 0.300 e. The number of nitrogens with zero attached hydrogens (tertiary/aromatic N) is 5. The van der Waals surface area contributed by atoms with Crippen LogP contribution in [0.5, 0.6) is 0 Å². The van der Waals surface area contributed by atoms with Crippen LogP contribution in [0.1, 0.15) is 5.56 Å². The molecule has 1 heterocycles. The lowest BCUT2D eigenvalue weighted by molar-refractivity contribution is -0.392. The molecule has 1 fully saturated rings. The third kappa shape index (κ3) is 3.25. The van der Waals surface area contributed by atoms with Crippen molar-refractivity contribution in [2.45, 2.75) is 0 Å². The minimum absolute atomic E-state index is 0.0355. The summed E-state index contributed by atoms with van der Waals surface area (Å²) in [6.07, 6.45) is 0. The predicted octanol–water partition coefficient (Wildman–Crippen LogP) is 2.70. The molecule has 0 aromatic heterocycles. The van der Waals surface area contributed by atoms with Gasteiger partial charge >= 0.3 is 11.4 Å². The van der Waals surface area contributed by atoms with Crippen molar-refractivity contribution in [3.63, 3.8) is 0 Å². The number of nitriles is 1. The number of rotatable bonds is 4. The second-order valence-electron chi connectivity index (χ2n) is 5.80. The Morgan fingerprint density at radius 1 is 0.885 bits per heavy atom. The third-order valence-corrected chi connectivity index (χ3v) is 4.31. The predicted molar refractivity (Wildman–Crippen MR) is 95.3 cm³/mol. The maximum absolute atomic E-state index is 11.4. The lowest BCUT2D eigenvalue weighted by atomic mass is 10.1. The van der Waals surface area contributed by atoms with E-state index < -0.39 is 21.2 Å². The first-order chi connectivity index (χ1) is 12.5. The van der Waals surface area contributed by atoms with Gasteiger partial charge in [-0.1, -0.05) is 18.2 Å². The molecule has 1 saturated heterocycles. The molecule has 0 radical (unpaired) electrons. The Kier molecular flexibility index (Phi) is 4.66. The molecule has 0 N–H and O–H groups in total. The van der Waals surface area contributed by atoms with Crippen molar-refractivity contribution in [2.24, 2.45) is 0 Å². The molecule has 0 aliphatic carbocycles. The zero-order valence-electron chi connectivity index (χ0n) is 13.7. The molecule has 1 aliphatic heterocycles. The highest BCUT2D eigenvalue weighted by Crippen LogP contribution is 2.39. The van der Waals surface area contributed by atoms with Crippen LogP contribution in [-0.2, 0) is 0 Å². The van der Waals surface area contributed by atoms with E-state index >= 15 is 0 Å². The summed E-state index contributed by atoms with van der Waals surface area (Å²) in [5.74, 6) is 0. The van der Waals surface area contributed by atoms with Crippen LogP contribution in [-0.4, -0.2) is 36.0 Å². The Hall–Kier alpha value is -3.67. The minimum Gasteiger partial charge on any atom is -0.368 e. The average molecular weight is 353 g/mol. The molecule has 0 spiro atoms. The third-order valence-electron chi connectivity index (χ3n) is 4.31. The summed E-state index contributed by atoms with van der Waals surface area (Å²) < 4.78 is 0. The topological polar surface area (TPSA) is 117 Å². The summed E-state index contributed by atoms with van der Waals surface area (Å²) in [4.78, 5) is 25.3. The van der Waals surface area contributed by atoms with Crippen LogP contribution < -0.4 is 9.80 Å². The minimum atomic E-state index is -0.674. The summed E-state index contributed by atoms with van der Waals surface area (Å²) in [5.41, 5.74) is 0.0746. The van der Waals surface area contributed by atoms with E-state index in [1.165, 1.54) is 0 Å². The van der Waals surface area contributed by atoms with Crippen molar-refractivity contribution >= 4 is 22.7 Å². The highest BCUT2D eigenvalue weighted by Gasteiger charge is 2.33. The van der Waals surface area contributed by atoms with Gasteiger partial charge in [-0.05, 0) is 12.1 Å². The first kappa shape index (κ1) is 17.2. The zero-order valence-corrected chi connectivity index (χ0v) is 13.7. The van der Waals surface area contributed by atoms with Crippen LogP contribution in [0, 0.1) is 31.6 Å². The van der Waals surface area contributed by atoms with E-state index in [0.717, 1.165) is 17.8 Å². The Bertz CT molecular complexity index is 851. The molecule has 1 aliphatic rings. The van der Waals surface area contributed by atoms with E-state index in [1.54, 1.807) is 11.0 Å². The van der Waals surface area contributed by atoms with Gasteiger partial charge in [-0.2, -0.15) is 5.26 Å². The van der Waals surface area contributed by atoms with Crippen LogP contribution in [0.25, 0.3) is 0 Å². The first-order valence-corrected chi connectivity index (χ1v) is 7.93. The van der Waals surface area contributed by atoms with Crippen LogP contribution >= 0.6 is 0 Å². The first-order valence-electron chi connectivity index (χ1n) is 7.93. The Labute approximate surface area is 149 Å². The van der Waals surface area contributed by atoms with Gasteiger partial charge in [0.05, 0.1) is 21.5 Å². The second kappa shape index (κ2) is 7.06. The lowest BCUT2D eigenvalue weighted by Crippen LogP contribution is -2.46. The van der Waals surface area contributed by atoms with Crippen molar-refractivity contribution in [1.29, 1.82) is 5.26 Å². The molecule has 132 valence electrons. The lowest BCUT2D eigenvalue weighted by Gasteiger charge is -2.36. The fourth-order valence-electron chi connectivity index (χ4n) is 3.10. The Morgan fingerprint density at radius 2 is 1.38 bits per heavy atom. The van der Waals surface area contributed by atoms with Crippen molar-refractivity contribution in [2.75, 3.05) is 36.0 Å². The standard InChI is InChI=1S/C17H15N5O4/c18-12-13-10-15(21(23)24)17(16(11-13)22(25)26)20-8-6-19(7-9-20)14-4-2-1-3-5-14/h1-5,10-11H,6-9H2. The molecule has 9 nitrogen and oxygen atoms in total. The van der Waals surface area contributed by atoms with Gasteiger partial charge in [-0.3, -0.25) is 20.2 Å². The molecule has 2 aromatic carbocycles. The Balaban J connectivity index is 1.93. The quantitative estimate of drug-likeness (QED) is 0.612. The number of anilines is 2. The summed E-state index contributed by atoms with van der Waals surface area (Å²) >= 11 is 0. The number of hydrogen-bond acceptors (Lipinski definition) is 7. The van der Waals surface area contributed by atoms with Crippen LogP contribution in [0.3, 0.4) is 0 Å². The van der Waals surface area contributed by atoms with E-state index in [1.807, 2.05) is 30.3 Å². The van der Waals surface area contributed by atoms with Crippen LogP contribution in [0.4, 0.5) is 22.7 Å². The van der Waals surface area contributed by atoms with Gasteiger partial charge in [0.25, 0.3) is 0 Å². The number of piperazine rings is 1. The molecular weight excluding hydrogens is 338 g/mol. The van der Waals surface area contributed by atoms with Gasteiger partial charge in [0, 0.05) is 44.0 Å². The normalized spacial score (nSPS) is 14.0. The van der Waals surface area contributed by atoms with E-state index in [2.05, 4.69) is 4.90 Å². The molecular formula is C17H15N5O4. The van der Waals surface area contributed by atoms with Crippen LogP contribution in [0.2, 0.25) is 0 Å². The van der Waals surface area contributed by atoms with Gasteiger partial charge in [0.15, 0.2) is 5.69 Å². The molecule has 9 heteroatoms. The van der Waals surface area contributed by atoms with Gasteiger partial charge in [-0.25, -0.2) is 0 Å². The van der Waals surface area contributed by atoms with Crippen molar-refractivity contribution < 1.29 is 9.85 Å². The molecule has 0 amide bonds. The average Bonchev–Trinajstić information content (AvgIpc) is 2.67. The monoisotopic (exact) mass is 353 g/mol. The fraction of sp³-hybridized carbons (Fsp3) is 0.235.